The van der Waals surface area contributed by atoms with Crippen LogP contribution in [0.15, 0.2) is 36.4 Å². The molecule has 2 aromatic carbocycles. The van der Waals surface area contributed by atoms with E-state index in [-0.39, 0.29) is 5.41 Å². The highest BCUT2D eigenvalue weighted by atomic mass is 127. The van der Waals surface area contributed by atoms with E-state index in [9.17, 15) is 0 Å². The molecule has 0 amide bonds. The molecule has 3 rings (SSSR count). The highest BCUT2D eigenvalue weighted by Crippen LogP contribution is 2.54. The Labute approximate surface area is 193 Å². The Morgan fingerprint density at radius 3 is 1.52 bits per heavy atom. The van der Waals surface area contributed by atoms with Gasteiger partial charge in [-0.3, -0.25) is 0 Å². The van der Waals surface area contributed by atoms with Gasteiger partial charge < -0.3 is 0 Å². The lowest BCUT2D eigenvalue weighted by atomic mass is 9.71. The molecule has 0 unspecified atom stereocenters. The van der Waals surface area contributed by atoms with Crippen LogP contribution in [0.2, 0.25) is 0 Å². The van der Waals surface area contributed by atoms with Crippen molar-refractivity contribution in [2.45, 2.75) is 31.1 Å². The SMILES string of the molecule is ICCCC1(CCCI)c2cc(I)ccc2-c2ccc(I)cc21. The number of alkyl halides is 2. The number of benzene rings is 2. The molecule has 0 nitrogen and oxygen atoms in total. The van der Waals surface area contributed by atoms with Crippen LogP contribution in [-0.4, -0.2) is 8.86 Å². The van der Waals surface area contributed by atoms with Crippen LogP contribution >= 0.6 is 90.4 Å². The molecule has 0 aromatic heterocycles. The van der Waals surface area contributed by atoms with Gasteiger partial charge in [0.15, 0.2) is 0 Å². The molecule has 4 heteroatoms. The Balaban J connectivity index is 2.23. The Morgan fingerprint density at radius 2 is 1.13 bits per heavy atom. The van der Waals surface area contributed by atoms with Crippen molar-refractivity contribution in [1.82, 2.24) is 0 Å². The highest BCUT2D eigenvalue weighted by Gasteiger charge is 2.42. The molecule has 23 heavy (non-hydrogen) atoms. The van der Waals surface area contributed by atoms with E-state index in [1.807, 2.05) is 0 Å². The van der Waals surface area contributed by atoms with Crippen molar-refractivity contribution in [2.75, 3.05) is 8.86 Å². The summed E-state index contributed by atoms with van der Waals surface area (Å²) in [6, 6.07) is 14.1. The first-order valence-electron chi connectivity index (χ1n) is 7.85. The Kier molecular flexibility index (Phi) is 6.96. The molecule has 0 bridgehead atoms. The van der Waals surface area contributed by atoms with E-state index in [0.29, 0.717) is 0 Å². The van der Waals surface area contributed by atoms with Gasteiger partial charge in [0.2, 0.25) is 0 Å². The largest absolute Gasteiger partial charge is 0.0864 e. The van der Waals surface area contributed by atoms with Gasteiger partial charge in [-0.2, -0.15) is 0 Å². The van der Waals surface area contributed by atoms with Gasteiger partial charge in [0, 0.05) is 12.6 Å². The quantitative estimate of drug-likeness (QED) is 0.211. The fraction of sp³-hybridized carbons (Fsp3) is 0.368. The Morgan fingerprint density at radius 1 is 0.696 bits per heavy atom. The van der Waals surface area contributed by atoms with E-state index in [0.717, 1.165) is 0 Å². The van der Waals surface area contributed by atoms with Gasteiger partial charge in [-0.15, -0.1) is 0 Å². The Hall–Kier alpha value is 1.36. The summed E-state index contributed by atoms with van der Waals surface area (Å²) >= 11 is 9.99. The van der Waals surface area contributed by atoms with Gasteiger partial charge in [-0.05, 0) is 126 Å². The summed E-state index contributed by atoms with van der Waals surface area (Å²) in [5.41, 5.74) is 6.33. The number of fused-ring (bicyclic) bond motifs is 3. The minimum Gasteiger partial charge on any atom is -0.0864 e. The zero-order chi connectivity index (χ0) is 16.4. The Bertz CT molecular complexity index is 647. The molecule has 0 radical (unpaired) electrons. The molecular formula is C19H18I4. The first-order valence-corrected chi connectivity index (χ1v) is 13.1. The summed E-state index contributed by atoms with van der Waals surface area (Å²) < 4.78 is 5.19. The molecule has 0 heterocycles. The molecule has 0 fully saturated rings. The zero-order valence-electron chi connectivity index (χ0n) is 12.7. The molecule has 1 aliphatic carbocycles. The van der Waals surface area contributed by atoms with Crippen molar-refractivity contribution in [1.29, 1.82) is 0 Å². The van der Waals surface area contributed by atoms with Crippen LogP contribution in [0.3, 0.4) is 0 Å². The average Bonchev–Trinajstić information content (AvgIpc) is 2.80. The van der Waals surface area contributed by atoms with Crippen LogP contribution in [0.5, 0.6) is 0 Å². The molecule has 0 saturated heterocycles. The van der Waals surface area contributed by atoms with Crippen molar-refractivity contribution in [3.63, 3.8) is 0 Å². The maximum atomic E-state index is 2.53. The molecule has 0 aliphatic heterocycles. The molecule has 0 atom stereocenters. The van der Waals surface area contributed by atoms with Crippen LogP contribution in [-0.2, 0) is 5.41 Å². The monoisotopic (exact) mass is 754 g/mol. The number of halogens is 4. The summed E-state index contributed by atoms with van der Waals surface area (Å²) in [4.78, 5) is 0. The minimum absolute atomic E-state index is 0.226. The molecule has 2 aromatic rings. The predicted molar refractivity (Wildman–Crippen MR) is 134 cm³/mol. The molecular weight excluding hydrogens is 736 g/mol. The standard InChI is InChI=1S/C19H18I4/c20-9-1-7-19(8-2-10-21)17-11-13(22)3-5-15(17)16-6-4-14(23)12-18(16)19/h3-6,11-12H,1-2,7-10H2. The van der Waals surface area contributed by atoms with Crippen LogP contribution in [0, 0.1) is 7.14 Å². The lowest BCUT2D eigenvalue weighted by Crippen LogP contribution is -2.26. The maximum Gasteiger partial charge on any atom is 0.0216 e. The van der Waals surface area contributed by atoms with Gasteiger partial charge in [0.1, 0.15) is 0 Å². The molecule has 0 spiro atoms. The van der Waals surface area contributed by atoms with E-state index in [1.165, 1.54) is 52.8 Å². The van der Waals surface area contributed by atoms with Crippen molar-refractivity contribution < 1.29 is 0 Å². The average molecular weight is 754 g/mol. The van der Waals surface area contributed by atoms with Crippen LogP contribution in [0.4, 0.5) is 0 Å². The van der Waals surface area contributed by atoms with E-state index in [2.05, 4.69) is 127 Å². The van der Waals surface area contributed by atoms with Crippen LogP contribution < -0.4 is 0 Å². The summed E-state index contributed by atoms with van der Waals surface area (Å²) in [6.07, 6.45) is 5.12. The van der Waals surface area contributed by atoms with Gasteiger partial charge in [-0.1, -0.05) is 57.3 Å². The van der Waals surface area contributed by atoms with Gasteiger partial charge >= 0.3 is 0 Å². The van der Waals surface area contributed by atoms with Crippen LogP contribution in [0.1, 0.15) is 36.8 Å². The topological polar surface area (TPSA) is 0 Å². The van der Waals surface area contributed by atoms with E-state index < -0.39 is 0 Å². The van der Waals surface area contributed by atoms with E-state index in [1.54, 1.807) is 11.1 Å². The second kappa shape index (κ2) is 8.37. The van der Waals surface area contributed by atoms with E-state index in [4.69, 9.17) is 0 Å². The summed E-state index contributed by atoms with van der Waals surface area (Å²) in [6.45, 7) is 0. The summed E-state index contributed by atoms with van der Waals surface area (Å²) in [7, 11) is 0. The number of hydrogen-bond donors (Lipinski definition) is 0. The summed E-state index contributed by atoms with van der Waals surface area (Å²) in [5.74, 6) is 0. The normalized spacial score (nSPS) is 14.6. The molecule has 122 valence electrons. The van der Waals surface area contributed by atoms with Crippen molar-refractivity contribution in [3.8, 4) is 11.1 Å². The number of rotatable bonds is 6. The fourth-order valence-electron chi connectivity index (χ4n) is 3.84. The fourth-order valence-corrected chi connectivity index (χ4v) is 5.59. The smallest absolute Gasteiger partial charge is 0.0216 e. The molecule has 0 N–H and O–H groups in total. The minimum atomic E-state index is 0.226. The maximum absolute atomic E-state index is 2.53. The molecule has 1 aliphatic rings. The van der Waals surface area contributed by atoms with Crippen molar-refractivity contribution >= 4 is 90.4 Å². The third kappa shape index (κ3) is 3.74. The zero-order valence-corrected chi connectivity index (χ0v) is 21.3. The van der Waals surface area contributed by atoms with Crippen molar-refractivity contribution in [2.24, 2.45) is 0 Å². The first-order chi connectivity index (χ1) is 11.1. The van der Waals surface area contributed by atoms with Crippen LogP contribution in [0.25, 0.3) is 11.1 Å². The van der Waals surface area contributed by atoms with Gasteiger partial charge in [-0.25, -0.2) is 0 Å². The lowest BCUT2D eigenvalue weighted by molar-refractivity contribution is 0.440. The summed E-state index contributed by atoms with van der Waals surface area (Å²) in [5, 5.41) is 0. The third-order valence-electron chi connectivity index (χ3n) is 4.76. The second-order valence-corrected chi connectivity index (χ2v) is 10.7. The number of hydrogen-bond acceptors (Lipinski definition) is 0. The molecule has 0 saturated carbocycles. The highest BCUT2D eigenvalue weighted by molar-refractivity contribution is 14.1. The van der Waals surface area contributed by atoms with E-state index >= 15 is 0 Å². The lowest BCUT2D eigenvalue weighted by Gasteiger charge is -2.32. The second-order valence-electron chi connectivity index (χ2n) is 6.05. The predicted octanol–water partition coefficient (Wildman–Crippen LogP) is 7.59. The first kappa shape index (κ1) is 19.1. The third-order valence-corrected chi connectivity index (χ3v) is 7.63. The van der Waals surface area contributed by atoms with Gasteiger partial charge in [0.25, 0.3) is 0 Å². The van der Waals surface area contributed by atoms with Gasteiger partial charge in [0.05, 0.1) is 0 Å². The van der Waals surface area contributed by atoms with Crippen molar-refractivity contribution in [3.05, 3.63) is 54.7 Å².